The second kappa shape index (κ2) is 5.93. The van der Waals surface area contributed by atoms with E-state index in [-0.39, 0.29) is 11.4 Å². The lowest BCUT2D eigenvalue weighted by atomic mass is 10.4. The van der Waals surface area contributed by atoms with Crippen LogP contribution < -0.4 is 4.72 Å². The van der Waals surface area contributed by atoms with Crippen molar-refractivity contribution in [3.63, 3.8) is 0 Å². The summed E-state index contributed by atoms with van der Waals surface area (Å²) in [6.07, 6.45) is 0. The van der Waals surface area contributed by atoms with Crippen LogP contribution in [0.25, 0.3) is 0 Å². The number of benzene rings is 1. The third kappa shape index (κ3) is 3.88. The number of hydrogen-bond donors (Lipinski definition) is 1. The molecule has 0 heterocycles. The van der Waals surface area contributed by atoms with Crippen molar-refractivity contribution < 1.29 is 17.5 Å². The van der Waals surface area contributed by atoms with Crippen molar-refractivity contribution in [3.05, 3.63) is 30.1 Å². The van der Waals surface area contributed by atoms with Crippen molar-refractivity contribution in [1.29, 1.82) is 0 Å². The van der Waals surface area contributed by atoms with Crippen LogP contribution in [0.5, 0.6) is 0 Å². The van der Waals surface area contributed by atoms with E-state index in [4.69, 9.17) is 4.74 Å². The topological polar surface area (TPSA) is 55.4 Å². The standard InChI is InChI=1S/C10H14FNO3S/c1-2-15-8-7-12-16(13,14)10-5-3-9(11)4-6-10/h3-6,12H,2,7-8H2,1H3. The average molecular weight is 247 g/mol. The SMILES string of the molecule is CCOCCNS(=O)(=O)c1ccc(F)cc1. The van der Waals surface area contributed by atoms with E-state index in [2.05, 4.69) is 4.72 Å². The van der Waals surface area contributed by atoms with Gasteiger partial charge in [-0.3, -0.25) is 0 Å². The normalized spacial score (nSPS) is 11.6. The first-order valence-electron chi connectivity index (χ1n) is 4.89. The average Bonchev–Trinajstić information content (AvgIpc) is 2.25. The van der Waals surface area contributed by atoms with Gasteiger partial charge >= 0.3 is 0 Å². The maximum Gasteiger partial charge on any atom is 0.240 e. The highest BCUT2D eigenvalue weighted by atomic mass is 32.2. The Balaban J connectivity index is 2.60. The quantitative estimate of drug-likeness (QED) is 0.767. The van der Waals surface area contributed by atoms with Gasteiger partial charge in [0.05, 0.1) is 11.5 Å². The minimum absolute atomic E-state index is 0.0467. The van der Waals surface area contributed by atoms with Crippen LogP contribution in [-0.4, -0.2) is 28.2 Å². The van der Waals surface area contributed by atoms with Crippen molar-refractivity contribution in [2.24, 2.45) is 0 Å². The number of sulfonamides is 1. The summed E-state index contributed by atoms with van der Waals surface area (Å²) in [5, 5.41) is 0. The molecule has 0 atom stereocenters. The zero-order valence-corrected chi connectivity index (χ0v) is 9.76. The Bertz CT molecular complexity index is 416. The largest absolute Gasteiger partial charge is 0.380 e. The summed E-state index contributed by atoms with van der Waals surface area (Å²) in [4.78, 5) is 0.0467. The van der Waals surface area contributed by atoms with E-state index in [1.807, 2.05) is 6.92 Å². The van der Waals surface area contributed by atoms with Gasteiger partial charge in [-0.2, -0.15) is 0 Å². The van der Waals surface area contributed by atoms with E-state index in [1.165, 1.54) is 12.1 Å². The smallest absolute Gasteiger partial charge is 0.240 e. The van der Waals surface area contributed by atoms with E-state index in [0.717, 1.165) is 12.1 Å². The van der Waals surface area contributed by atoms with Crippen LogP contribution in [0.15, 0.2) is 29.2 Å². The summed E-state index contributed by atoms with van der Waals surface area (Å²) in [5.41, 5.74) is 0. The number of halogens is 1. The molecule has 0 aromatic heterocycles. The van der Waals surface area contributed by atoms with E-state index in [0.29, 0.717) is 13.2 Å². The van der Waals surface area contributed by atoms with Gasteiger partial charge in [0, 0.05) is 13.2 Å². The lowest BCUT2D eigenvalue weighted by molar-refractivity contribution is 0.153. The van der Waals surface area contributed by atoms with Gasteiger partial charge in [-0.1, -0.05) is 0 Å². The van der Waals surface area contributed by atoms with Crippen LogP contribution in [0.3, 0.4) is 0 Å². The van der Waals surface area contributed by atoms with Crippen LogP contribution in [0.2, 0.25) is 0 Å². The van der Waals surface area contributed by atoms with E-state index in [1.54, 1.807) is 0 Å². The zero-order chi connectivity index (χ0) is 12.0. The molecule has 6 heteroatoms. The zero-order valence-electron chi connectivity index (χ0n) is 8.94. The lowest BCUT2D eigenvalue weighted by Gasteiger charge is -2.06. The molecule has 0 saturated heterocycles. The summed E-state index contributed by atoms with van der Waals surface area (Å²) in [7, 11) is -3.55. The maximum atomic E-state index is 12.6. The van der Waals surface area contributed by atoms with Crippen molar-refractivity contribution in [3.8, 4) is 0 Å². The van der Waals surface area contributed by atoms with Gasteiger partial charge in [-0.05, 0) is 31.2 Å². The molecular weight excluding hydrogens is 233 g/mol. The molecule has 0 aliphatic heterocycles. The molecule has 0 bridgehead atoms. The summed E-state index contributed by atoms with van der Waals surface area (Å²) in [6.45, 7) is 2.89. The first kappa shape index (κ1) is 13.1. The summed E-state index contributed by atoms with van der Waals surface area (Å²) in [6, 6.07) is 4.66. The first-order chi connectivity index (χ1) is 7.56. The van der Waals surface area contributed by atoms with Crippen LogP contribution in [0.4, 0.5) is 4.39 Å². The summed E-state index contributed by atoms with van der Waals surface area (Å²) < 4.78 is 43.2. The summed E-state index contributed by atoms with van der Waals surface area (Å²) in [5.74, 6) is -0.465. The molecule has 90 valence electrons. The van der Waals surface area contributed by atoms with Crippen LogP contribution in [0.1, 0.15) is 6.92 Å². The van der Waals surface area contributed by atoms with Gasteiger partial charge in [0.25, 0.3) is 0 Å². The second-order valence-electron chi connectivity index (χ2n) is 3.05. The molecule has 0 spiro atoms. The van der Waals surface area contributed by atoms with Gasteiger partial charge in [0.1, 0.15) is 5.82 Å². The Morgan fingerprint density at radius 2 is 1.94 bits per heavy atom. The van der Waals surface area contributed by atoms with Gasteiger partial charge < -0.3 is 4.74 Å². The Labute approximate surface area is 94.5 Å². The third-order valence-corrected chi connectivity index (χ3v) is 3.34. The van der Waals surface area contributed by atoms with Crippen molar-refractivity contribution >= 4 is 10.0 Å². The van der Waals surface area contributed by atoms with Crippen LogP contribution in [0, 0.1) is 5.82 Å². The molecule has 1 rings (SSSR count). The molecule has 1 N–H and O–H groups in total. The molecule has 0 aliphatic carbocycles. The minimum Gasteiger partial charge on any atom is -0.380 e. The molecule has 16 heavy (non-hydrogen) atoms. The fraction of sp³-hybridized carbons (Fsp3) is 0.400. The molecule has 0 unspecified atom stereocenters. The second-order valence-corrected chi connectivity index (χ2v) is 4.82. The van der Waals surface area contributed by atoms with Gasteiger partial charge in [-0.15, -0.1) is 0 Å². The molecule has 1 aromatic carbocycles. The van der Waals surface area contributed by atoms with Crippen molar-refractivity contribution in [2.45, 2.75) is 11.8 Å². The Morgan fingerprint density at radius 3 is 2.50 bits per heavy atom. The van der Waals surface area contributed by atoms with Gasteiger partial charge in [0.2, 0.25) is 10.0 Å². The van der Waals surface area contributed by atoms with E-state index < -0.39 is 15.8 Å². The number of rotatable bonds is 6. The van der Waals surface area contributed by atoms with Crippen LogP contribution >= 0.6 is 0 Å². The Hall–Kier alpha value is -0.980. The van der Waals surface area contributed by atoms with Gasteiger partial charge in [-0.25, -0.2) is 17.5 Å². The Morgan fingerprint density at radius 1 is 1.31 bits per heavy atom. The third-order valence-electron chi connectivity index (χ3n) is 1.87. The highest BCUT2D eigenvalue weighted by Crippen LogP contribution is 2.08. The molecule has 0 saturated carbocycles. The molecule has 1 aromatic rings. The monoisotopic (exact) mass is 247 g/mol. The molecule has 0 amide bonds. The van der Waals surface area contributed by atoms with Crippen molar-refractivity contribution in [2.75, 3.05) is 19.8 Å². The molecule has 0 aliphatic rings. The highest BCUT2D eigenvalue weighted by molar-refractivity contribution is 7.89. The maximum absolute atomic E-state index is 12.6. The molecule has 0 fully saturated rings. The van der Waals surface area contributed by atoms with Crippen molar-refractivity contribution in [1.82, 2.24) is 4.72 Å². The first-order valence-corrected chi connectivity index (χ1v) is 6.37. The highest BCUT2D eigenvalue weighted by Gasteiger charge is 2.12. The van der Waals surface area contributed by atoms with Gasteiger partial charge in [0.15, 0.2) is 0 Å². The molecule has 0 radical (unpaired) electrons. The number of hydrogen-bond acceptors (Lipinski definition) is 3. The fourth-order valence-corrected chi connectivity index (χ4v) is 2.10. The Kier molecular flexibility index (Phi) is 4.85. The fourth-order valence-electron chi connectivity index (χ4n) is 1.09. The minimum atomic E-state index is -3.55. The molecular formula is C10H14FNO3S. The number of ether oxygens (including phenoxy) is 1. The predicted octanol–water partition coefficient (Wildman–Crippen LogP) is 1.14. The summed E-state index contributed by atoms with van der Waals surface area (Å²) >= 11 is 0. The number of nitrogens with one attached hydrogen (secondary N) is 1. The van der Waals surface area contributed by atoms with E-state index >= 15 is 0 Å². The van der Waals surface area contributed by atoms with Crippen LogP contribution in [-0.2, 0) is 14.8 Å². The molecule has 4 nitrogen and oxygen atoms in total. The lowest BCUT2D eigenvalue weighted by Crippen LogP contribution is -2.27. The predicted molar refractivity (Wildman–Crippen MR) is 58.1 cm³/mol. The van der Waals surface area contributed by atoms with E-state index in [9.17, 15) is 12.8 Å².